The first-order chi connectivity index (χ1) is 8.58. The quantitative estimate of drug-likeness (QED) is 0.745. The third-order valence-electron chi connectivity index (χ3n) is 3.21. The van der Waals surface area contributed by atoms with Crippen LogP contribution in [0.1, 0.15) is 11.1 Å². The lowest BCUT2D eigenvalue weighted by Gasteiger charge is -2.27. The van der Waals surface area contributed by atoms with Gasteiger partial charge in [0.1, 0.15) is 0 Å². The maximum absolute atomic E-state index is 12.0. The minimum Gasteiger partial charge on any atom is -0.397 e. The van der Waals surface area contributed by atoms with E-state index in [0.717, 1.165) is 11.1 Å². The summed E-state index contributed by atoms with van der Waals surface area (Å²) in [6, 6.07) is 3.67. The zero-order valence-corrected chi connectivity index (χ0v) is 10.8. The van der Waals surface area contributed by atoms with Crippen molar-refractivity contribution in [2.24, 2.45) is 0 Å². The van der Waals surface area contributed by atoms with Gasteiger partial charge in [-0.2, -0.15) is 0 Å². The molecule has 1 aromatic rings. The number of hydrogen-bond acceptors (Lipinski definition) is 3. The number of ether oxygens (including phenoxy) is 1. The Morgan fingerprint density at radius 3 is 2.56 bits per heavy atom. The fourth-order valence-electron chi connectivity index (χ4n) is 1.91. The highest BCUT2D eigenvalue weighted by Gasteiger charge is 2.17. The van der Waals surface area contributed by atoms with Crippen LogP contribution < -0.4 is 11.1 Å². The summed E-state index contributed by atoms with van der Waals surface area (Å²) in [5, 5.41) is 2.85. The number of morpholine rings is 1. The highest BCUT2D eigenvalue weighted by molar-refractivity contribution is 5.93. The third-order valence-corrected chi connectivity index (χ3v) is 3.21. The number of nitrogen functional groups attached to an aromatic ring is 1. The molecule has 3 N–H and O–H groups in total. The van der Waals surface area contributed by atoms with E-state index in [1.807, 2.05) is 26.0 Å². The van der Waals surface area contributed by atoms with E-state index in [2.05, 4.69) is 5.32 Å². The predicted molar refractivity (Wildman–Crippen MR) is 71.7 cm³/mol. The molecular formula is C13H19N3O2. The van der Waals surface area contributed by atoms with Crippen molar-refractivity contribution in [1.82, 2.24) is 4.90 Å². The molecule has 1 aromatic carbocycles. The normalized spacial score (nSPS) is 15.6. The molecule has 0 atom stereocenters. The number of carbonyl (C=O) groups is 1. The minimum atomic E-state index is -0.117. The van der Waals surface area contributed by atoms with E-state index in [9.17, 15) is 4.79 Å². The second-order valence-corrected chi connectivity index (χ2v) is 4.55. The van der Waals surface area contributed by atoms with Crippen LogP contribution in [0.25, 0.3) is 0 Å². The molecule has 1 aliphatic heterocycles. The summed E-state index contributed by atoms with van der Waals surface area (Å²) < 4.78 is 5.21. The van der Waals surface area contributed by atoms with Gasteiger partial charge in [-0.3, -0.25) is 0 Å². The molecule has 0 unspecified atom stereocenters. The molecule has 1 saturated heterocycles. The molecule has 0 bridgehead atoms. The summed E-state index contributed by atoms with van der Waals surface area (Å²) in [6.45, 7) is 6.43. The van der Waals surface area contributed by atoms with Crippen LogP contribution in [0.4, 0.5) is 16.2 Å². The Balaban J connectivity index is 2.08. The van der Waals surface area contributed by atoms with Crippen LogP contribution in [-0.4, -0.2) is 37.2 Å². The molecule has 0 aliphatic carbocycles. The van der Waals surface area contributed by atoms with Gasteiger partial charge in [-0.1, -0.05) is 0 Å². The van der Waals surface area contributed by atoms with Crippen molar-refractivity contribution >= 4 is 17.4 Å². The second kappa shape index (κ2) is 5.27. The van der Waals surface area contributed by atoms with Gasteiger partial charge in [0.05, 0.1) is 24.6 Å². The first-order valence-electron chi connectivity index (χ1n) is 6.08. The highest BCUT2D eigenvalue weighted by Crippen LogP contribution is 2.23. The van der Waals surface area contributed by atoms with E-state index in [4.69, 9.17) is 10.5 Å². The molecule has 5 nitrogen and oxygen atoms in total. The van der Waals surface area contributed by atoms with Gasteiger partial charge in [0.15, 0.2) is 0 Å². The van der Waals surface area contributed by atoms with Gasteiger partial charge in [-0.05, 0) is 37.1 Å². The monoisotopic (exact) mass is 249 g/mol. The van der Waals surface area contributed by atoms with Crippen LogP contribution in [0.15, 0.2) is 12.1 Å². The molecule has 1 aliphatic rings. The van der Waals surface area contributed by atoms with Gasteiger partial charge in [-0.25, -0.2) is 4.79 Å². The number of benzene rings is 1. The molecule has 0 saturated carbocycles. The third kappa shape index (κ3) is 2.73. The Kier molecular flexibility index (Phi) is 3.72. The number of nitrogens with zero attached hydrogens (tertiary/aromatic N) is 1. The lowest BCUT2D eigenvalue weighted by atomic mass is 10.1. The van der Waals surface area contributed by atoms with Crippen LogP contribution in [0.3, 0.4) is 0 Å². The van der Waals surface area contributed by atoms with Gasteiger partial charge in [-0.15, -0.1) is 0 Å². The van der Waals surface area contributed by atoms with Crippen molar-refractivity contribution < 1.29 is 9.53 Å². The van der Waals surface area contributed by atoms with Gasteiger partial charge < -0.3 is 20.7 Å². The molecule has 98 valence electrons. The topological polar surface area (TPSA) is 67.6 Å². The SMILES string of the molecule is Cc1cc(N)c(NC(=O)N2CCOCC2)cc1C. The van der Waals surface area contributed by atoms with Crippen molar-refractivity contribution in [2.45, 2.75) is 13.8 Å². The number of nitrogens with two attached hydrogens (primary N) is 1. The Morgan fingerprint density at radius 1 is 1.28 bits per heavy atom. The standard InChI is InChI=1S/C13H19N3O2/c1-9-7-11(14)12(8-10(9)2)15-13(17)16-3-5-18-6-4-16/h7-8H,3-6,14H2,1-2H3,(H,15,17). The molecule has 1 fully saturated rings. The molecule has 0 radical (unpaired) electrons. The Labute approximate surface area is 107 Å². The van der Waals surface area contributed by atoms with E-state index in [-0.39, 0.29) is 6.03 Å². The number of carbonyl (C=O) groups excluding carboxylic acids is 1. The molecule has 0 spiro atoms. The van der Waals surface area contributed by atoms with Crippen molar-refractivity contribution in [2.75, 3.05) is 37.4 Å². The van der Waals surface area contributed by atoms with E-state index in [1.165, 1.54) is 0 Å². The fraction of sp³-hybridized carbons (Fsp3) is 0.462. The number of amides is 2. The number of urea groups is 1. The van der Waals surface area contributed by atoms with Crippen LogP contribution >= 0.6 is 0 Å². The highest BCUT2D eigenvalue weighted by atomic mass is 16.5. The summed E-state index contributed by atoms with van der Waals surface area (Å²) in [6.07, 6.45) is 0. The number of nitrogens with one attached hydrogen (secondary N) is 1. The van der Waals surface area contributed by atoms with Crippen LogP contribution in [-0.2, 0) is 4.74 Å². The lowest BCUT2D eigenvalue weighted by Crippen LogP contribution is -2.43. The molecule has 1 heterocycles. The number of aryl methyl sites for hydroxylation is 2. The summed E-state index contributed by atoms with van der Waals surface area (Å²) in [5.74, 6) is 0. The van der Waals surface area contributed by atoms with Crippen LogP contribution in [0.2, 0.25) is 0 Å². The summed E-state index contributed by atoms with van der Waals surface area (Å²) in [5.41, 5.74) is 9.42. The molecular weight excluding hydrogens is 230 g/mol. The maximum atomic E-state index is 12.0. The molecule has 0 aromatic heterocycles. The average Bonchev–Trinajstić information content (AvgIpc) is 2.37. The van der Waals surface area contributed by atoms with E-state index in [0.29, 0.717) is 37.7 Å². The first kappa shape index (κ1) is 12.7. The Morgan fingerprint density at radius 2 is 1.89 bits per heavy atom. The molecule has 5 heteroatoms. The van der Waals surface area contributed by atoms with Crippen molar-refractivity contribution in [3.63, 3.8) is 0 Å². The number of anilines is 2. The van der Waals surface area contributed by atoms with Gasteiger partial charge >= 0.3 is 6.03 Å². The zero-order chi connectivity index (χ0) is 13.1. The predicted octanol–water partition coefficient (Wildman–Crippen LogP) is 1.75. The number of hydrogen-bond donors (Lipinski definition) is 2. The summed E-state index contributed by atoms with van der Waals surface area (Å²) in [7, 11) is 0. The van der Waals surface area contributed by atoms with Crippen molar-refractivity contribution in [3.8, 4) is 0 Å². The summed E-state index contributed by atoms with van der Waals surface area (Å²) >= 11 is 0. The van der Waals surface area contributed by atoms with Crippen molar-refractivity contribution in [3.05, 3.63) is 23.3 Å². The molecule has 2 rings (SSSR count). The Bertz CT molecular complexity index is 454. The second-order valence-electron chi connectivity index (χ2n) is 4.55. The van der Waals surface area contributed by atoms with Crippen LogP contribution in [0, 0.1) is 13.8 Å². The fourth-order valence-corrected chi connectivity index (χ4v) is 1.91. The van der Waals surface area contributed by atoms with E-state index >= 15 is 0 Å². The zero-order valence-electron chi connectivity index (χ0n) is 10.8. The molecule has 18 heavy (non-hydrogen) atoms. The summed E-state index contributed by atoms with van der Waals surface area (Å²) in [4.78, 5) is 13.8. The van der Waals surface area contributed by atoms with Gasteiger partial charge in [0.2, 0.25) is 0 Å². The maximum Gasteiger partial charge on any atom is 0.322 e. The smallest absolute Gasteiger partial charge is 0.322 e. The molecule has 2 amide bonds. The lowest BCUT2D eigenvalue weighted by molar-refractivity contribution is 0.0564. The Hall–Kier alpha value is -1.75. The van der Waals surface area contributed by atoms with Crippen molar-refractivity contribution in [1.29, 1.82) is 0 Å². The van der Waals surface area contributed by atoms with Gasteiger partial charge in [0.25, 0.3) is 0 Å². The largest absolute Gasteiger partial charge is 0.397 e. The first-order valence-corrected chi connectivity index (χ1v) is 6.08. The van der Waals surface area contributed by atoms with E-state index < -0.39 is 0 Å². The average molecular weight is 249 g/mol. The van der Waals surface area contributed by atoms with E-state index in [1.54, 1.807) is 4.90 Å². The number of rotatable bonds is 1. The minimum absolute atomic E-state index is 0.117. The van der Waals surface area contributed by atoms with Gasteiger partial charge in [0, 0.05) is 13.1 Å². The van der Waals surface area contributed by atoms with Crippen LogP contribution in [0.5, 0.6) is 0 Å².